The molecule has 0 spiro atoms. The van der Waals surface area contributed by atoms with Crippen LogP contribution < -0.4 is 5.73 Å². The smallest absolute Gasteiger partial charge is 0.108 e. The summed E-state index contributed by atoms with van der Waals surface area (Å²) in [6, 6.07) is 4.34. The van der Waals surface area contributed by atoms with E-state index in [1.54, 1.807) is 0 Å². The molecule has 1 heterocycles. The number of hydrogen-bond donors (Lipinski definition) is 2. The number of H-pyrrole nitrogens is 1. The van der Waals surface area contributed by atoms with E-state index in [1.807, 2.05) is 0 Å². The minimum absolute atomic E-state index is 0.198. The number of nitrogens with one attached hydrogen (secondary N) is 1. The third kappa shape index (κ3) is 2.87. The molecule has 0 aliphatic carbocycles. The molecular weight excluding hydrogens is 278 g/mol. The van der Waals surface area contributed by atoms with Gasteiger partial charge in [0.15, 0.2) is 0 Å². The van der Waals surface area contributed by atoms with Gasteiger partial charge in [0.1, 0.15) is 5.82 Å². The predicted molar refractivity (Wildman–Crippen MR) is 75.1 cm³/mol. The van der Waals surface area contributed by atoms with Gasteiger partial charge in [0.25, 0.3) is 0 Å². The highest BCUT2D eigenvalue weighted by molar-refractivity contribution is 9.10. The second-order valence-corrected chi connectivity index (χ2v) is 5.47. The molecule has 3 N–H and O–H groups in total. The molecule has 17 heavy (non-hydrogen) atoms. The van der Waals surface area contributed by atoms with Crippen molar-refractivity contribution in [3.05, 3.63) is 28.0 Å². The maximum atomic E-state index is 6.04. The van der Waals surface area contributed by atoms with Crippen LogP contribution in [0.1, 0.15) is 31.2 Å². The van der Waals surface area contributed by atoms with Gasteiger partial charge in [-0.1, -0.05) is 29.3 Å². The molecule has 4 heteroatoms. The Hall–Kier alpha value is -0.870. The van der Waals surface area contributed by atoms with Crippen LogP contribution in [-0.4, -0.2) is 16.0 Å². The highest BCUT2D eigenvalue weighted by Gasteiger charge is 2.09. The molecule has 92 valence electrons. The molecule has 0 aliphatic heterocycles. The second kappa shape index (κ2) is 5.19. The van der Waals surface area contributed by atoms with Crippen molar-refractivity contribution < 1.29 is 0 Å². The Kier molecular flexibility index (Phi) is 3.84. The number of rotatable bonds is 4. The lowest BCUT2D eigenvalue weighted by Crippen LogP contribution is -2.22. The first-order chi connectivity index (χ1) is 8.10. The molecule has 0 bridgehead atoms. The van der Waals surface area contributed by atoms with Crippen LogP contribution in [0.5, 0.6) is 0 Å². The maximum absolute atomic E-state index is 6.04. The van der Waals surface area contributed by atoms with Crippen molar-refractivity contribution in [3.8, 4) is 0 Å². The predicted octanol–water partition coefficient (Wildman–Crippen LogP) is 3.30. The molecule has 0 fully saturated rings. The van der Waals surface area contributed by atoms with Crippen molar-refractivity contribution in [1.29, 1.82) is 0 Å². The van der Waals surface area contributed by atoms with E-state index in [1.165, 1.54) is 5.56 Å². The van der Waals surface area contributed by atoms with Gasteiger partial charge in [0, 0.05) is 16.9 Å². The summed E-state index contributed by atoms with van der Waals surface area (Å²) in [6.07, 6.45) is 2.98. The fourth-order valence-corrected chi connectivity index (χ4v) is 2.69. The van der Waals surface area contributed by atoms with E-state index >= 15 is 0 Å². The summed E-state index contributed by atoms with van der Waals surface area (Å²) in [5, 5.41) is 0. The van der Waals surface area contributed by atoms with Crippen molar-refractivity contribution in [2.24, 2.45) is 5.73 Å². The Morgan fingerprint density at radius 2 is 2.24 bits per heavy atom. The van der Waals surface area contributed by atoms with Crippen molar-refractivity contribution in [1.82, 2.24) is 9.97 Å². The number of imidazole rings is 1. The van der Waals surface area contributed by atoms with Crippen LogP contribution in [0.4, 0.5) is 0 Å². The molecule has 0 aliphatic rings. The van der Waals surface area contributed by atoms with Crippen LogP contribution in [0.2, 0.25) is 0 Å². The fourth-order valence-electron chi connectivity index (χ4n) is 2.12. The molecule has 1 aromatic heterocycles. The highest BCUT2D eigenvalue weighted by atomic mass is 79.9. The summed E-state index contributed by atoms with van der Waals surface area (Å²) in [5.74, 6) is 0.988. The lowest BCUT2D eigenvalue weighted by atomic mass is 10.1. The topological polar surface area (TPSA) is 54.7 Å². The van der Waals surface area contributed by atoms with E-state index in [2.05, 4.69) is 51.9 Å². The van der Waals surface area contributed by atoms with Crippen molar-refractivity contribution >= 4 is 27.0 Å². The number of fused-ring (bicyclic) bond motifs is 1. The van der Waals surface area contributed by atoms with Crippen LogP contribution in [0, 0.1) is 6.92 Å². The number of nitrogens with zero attached hydrogens (tertiary/aromatic N) is 1. The molecule has 0 amide bonds. The van der Waals surface area contributed by atoms with Gasteiger partial charge < -0.3 is 10.7 Å². The summed E-state index contributed by atoms with van der Waals surface area (Å²) in [7, 11) is 0. The number of nitrogens with two attached hydrogens (primary N) is 1. The standard InChI is InChI=1S/C13H18BrN3/c1-3-4-10(15)7-12-16-11-6-9(14)5-8(2)13(11)17-12/h5-6,10H,3-4,7,15H2,1-2H3,(H,16,17). The number of hydrogen-bond acceptors (Lipinski definition) is 2. The Balaban J connectivity index is 2.28. The van der Waals surface area contributed by atoms with Crippen LogP contribution >= 0.6 is 15.9 Å². The largest absolute Gasteiger partial charge is 0.342 e. The van der Waals surface area contributed by atoms with Gasteiger partial charge in [-0.3, -0.25) is 0 Å². The number of aryl methyl sites for hydroxylation is 1. The van der Waals surface area contributed by atoms with Gasteiger partial charge in [-0.15, -0.1) is 0 Å². The number of benzene rings is 1. The second-order valence-electron chi connectivity index (χ2n) is 4.56. The Labute approximate surface area is 110 Å². The zero-order chi connectivity index (χ0) is 12.4. The van der Waals surface area contributed by atoms with E-state index in [-0.39, 0.29) is 6.04 Å². The zero-order valence-corrected chi connectivity index (χ0v) is 11.8. The summed E-state index contributed by atoms with van der Waals surface area (Å²) in [4.78, 5) is 7.96. The molecule has 0 radical (unpaired) electrons. The van der Waals surface area contributed by atoms with Gasteiger partial charge in [-0.2, -0.15) is 0 Å². The monoisotopic (exact) mass is 295 g/mol. The minimum Gasteiger partial charge on any atom is -0.342 e. The highest BCUT2D eigenvalue weighted by Crippen LogP contribution is 2.22. The van der Waals surface area contributed by atoms with E-state index in [9.17, 15) is 0 Å². The van der Waals surface area contributed by atoms with E-state index in [0.29, 0.717) is 0 Å². The van der Waals surface area contributed by atoms with Crippen LogP contribution in [0.25, 0.3) is 11.0 Å². The molecule has 0 saturated carbocycles. The van der Waals surface area contributed by atoms with E-state index in [4.69, 9.17) is 5.73 Å². The minimum atomic E-state index is 0.198. The molecule has 3 nitrogen and oxygen atoms in total. The summed E-state index contributed by atoms with van der Waals surface area (Å²) < 4.78 is 1.08. The maximum Gasteiger partial charge on any atom is 0.108 e. The fraction of sp³-hybridized carbons (Fsp3) is 0.462. The Morgan fingerprint density at radius 3 is 2.94 bits per heavy atom. The molecule has 2 rings (SSSR count). The van der Waals surface area contributed by atoms with Gasteiger partial charge in [0.05, 0.1) is 11.0 Å². The summed E-state index contributed by atoms with van der Waals surface area (Å²) in [5.41, 5.74) is 9.35. The van der Waals surface area contributed by atoms with Crippen molar-refractivity contribution in [2.45, 2.75) is 39.2 Å². The third-order valence-corrected chi connectivity index (χ3v) is 3.36. The van der Waals surface area contributed by atoms with Crippen molar-refractivity contribution in [3.63, 3.8) is 0 Å². The molecule has 0 saturated heterocycles. The van der Waals surface area contributed by atoms with E-state index in [0.717, 1.165) is 40.6 Å². The van der Waals surface area contributed by atoms with Gasteiger partial charge in [-0.05, 0) is 31.0 Å². The first-order valence-electron chi connectivity index (χ1n) is 6.00. The molecule has 1 unspecified atom stereocenters. The molecule has 1 atom stereocenters. The van der Waals surface area contributed by atoms with Gasteiger partial charge in [-0.25, -0.2) is 4.98 Å². The number of aromatic nitrogens is 2. The number of aromatic amines is 1. The quantitative estimate of drug-likeness (QED) is 0.909. The van der Waals surface area contributed by atoms with Crippen LogP contribution in [0.3, 0.4) is 0 Å². The van der Waals surface area contributed by atoms with Gasteiger partial charge in [0.2, 0.25) is 0 Å². The zero-order valence-electron chi connectivity index (χ0n) is 10.3. The summed E-state index contributed by atoms with van der Waals surface area (Å²) in [6.45, 7) is 4.23. The molecular formula is C13H18BrN3. The van der Waals surface area contributed by atoms with Gasteiger partial charge >= 0.3 is 0 Å². The Morgan fingerprint density at radius 1 is 1.47 bits per heavy atom. The van der Waals surface area contributed by atoms with E-state index < -0.39 is 0 Å². The Bertz CT molecular complexity index is 519. The SMILES string of the molecule is CCCC(N)Cc1nc2c(C)cc(Br)cc2[nH]1. The number of halogens is 1. The lowest BCUT2D eigenvalue weighted by Gasteiger charge is -2.06. The normalized spacial score (nSPS) is 13.2. The first-order valence-corrected chi connectivity index (χ1v) is 6.79. The average Bonchev–Trinajstić information content (AvgIpc) is 2.60. The van der Waals surface area contributed by atoms with Crippen molar-refractivity contribution in [2.75, 3.05) is 0 Å². The van der Waals surface area contributed by atoms with Crippen LogP contribution in [0.15, 0.2) is 16.6 Å². The third-order valence-electron chi connectivity index (χ3n) is 2.91. The van der Waals surface area contributed by atoms with Crippen LogP contribution in [-0.2, 0) is 6.42 Å². The lowest BCUT2D eigenvalue weighted by molar-refractivity contribution is 0.588. The average molecular weight is 296 g/mol. The first kappa shape index (κ1) is 12.6. The summed E-state index contributed by atoms with van der Waals surface area (Å²) >= 11 is 3.50. The molecule has 1 aromatic carbocycles. The molecule has 2 aromatic rings.